The number of benzene rings is 3. The van der Waals surface area contributed by atoms with Crippen LogP contribution in [0.1, 0.15) is 20.7 Å². The van der Waals surface area contributed by atoms with Crippen molar-refractivity contribution >= 4 is 22.7 Å². The Morgan fingerprint density at radius 3 is 2.30 bits per heavy atom. The predicted molar refractivity (Wildman–Crippen MR) is 84.0 cm³/mol. The van der Waals surface area contributed by atoms with Crippen molar-refractivity contribution in [2.75, 3.05) is 0 Å². The number of ether oxygens (including phenoxy) is 1. The number of rotatable bonds is 3. The highest BCUT2D eigenvalue weighted by Gasteiger charge is 2.12. The fourth-order valence-electron chi connectivity index (χ4n) is 2.24. The lowest BCUT2D eigenvalue weighted by molar-refractivity contribution is 0.0694. The first-order valence-corrected chi connectivity index (χ1v) is 6.82. The maximum atomic E-state index is 12.0. The van der Waals surface area contributed by atoms with E-state index in [2.05, 4.69) is 0 Å². The van der Waals surface area contributed by atoms with Crippen molar-refractivity contribution in [2.45, 2.75) is 0 Å². The van der Waals surface area contributed by atoms with Crippen LogP contribution in [-0.4, -0.2) is 22.2 Å². The minimum absolute atomic E-state index is 0.0102. The van der Waals surface area contributed by atoms with Crippen LogP contribution in [0.3, 0.4) is 0 Å². The largest absolute Gasteiger partial charge is 0.507 e. The lowest BCUT2D eigenvalue weighted by atomic mass is 10.1. The molecule has 3 aromatic carbocycles. The van der Waals surface area contributed by atoms with E-state index in [1.54, 1.807) is 42.5 Å². The van der Waals surface area contributed by atoms with Gasteiger partial charge in [0.15, 0.2) is 0 Å². The summed E-state index contributed by atoms with van der Waals surface area (Å²) in [7, 11) is 0. The second-order valence-corrected chi connectivity index (χ2v) is 4.94. The molecule has 0 atom stereocenters. The second-order valence-electron chi connectivity index (χ2n) is 4.94. The molecule has 0 saturated heterocycles. The zero-order chi connectivity index (χ0) is 16.4. The molecule has 0 amide bonds. The number of phenolic OH excluding ortho intramolecular Hbond substituents is 1. The molecule has 114 valence electrons. The third-order valence-electron chi connectivity index (χ3n) is 3.37. The highest BCUT2D eigenvalue weighted by Crippen LogP contribution is 2.30. The van der Waals surface area contributed by atoms with Crippen molar-refractivity contribution in [3.05, 3.63) is 71.8 Å². The van der Waals surface area contributed by atoms with Gasteiger partial charge in [-0.05, 0) is 41.8 Å². The number of fused-ring (bicyclic) bond motifs is 1. The normalized spacial score (nSPS) is 10.4. The van der Waals surface area contributed by atoms with Crippen LogP contribution in [0.4, 0.5) is 0 Å². The highest BCUT2D eigenvalue weighted by atomic mass is 16.5. The van der Waals surface area contributed by atoms with Gasteiger partial charge in [0.05, 0.1) is 11.1 Å². The molecule has 0 unspecified atom stereocenters. The van der Waals surface area contributed by atoms with Crippen LogP contribution in [0, 0.1) is 0 Å². The molecule has 3 aromatic rings. The van der Waals surface area contributed by atoms with Gasteiger partial charge in [-0.1, -0.05) is 24.3 Å². The smallest absolute Gasteiger partial charge is 0.343 e. The minimum Gasteiger partial charge on any atom is -0.507 e. The number of carbonyl (C=O) groups is 2. The topological polar surface area (TPSA) is 83.8 Å². The third-order valence-corrected chi connectivity index (χ3v) is 3.37. The average molecular weight is 308 g/mol. The Morgan fingerprint density at radius 1 is 0.870 bits per heavy atom. The van der Waals surface area contributed by atoms with E-state index in [0.717, 1.165) is 6.07 Å². The van der Waals surface area contributed by atoms with E-state index >= 15 is 0 Å². The molecule has 0 bridgehead atoms. The third kappa shape index (κ3) is 2.98. The molecule has 0 aromatic heterocycles. The molecule has 0 aliphatic heterocycles. The van der Waals surface area contributed by atoms with Gasteiger partial charge in [0.1, 0.15) is 11.5 Å². The quantitative estimate of drug-likeness (QED) is 0.572. The van der Waals surface area contributed by atoms with Crippen molar-refractivity contribution in [1.82, 2.24) is 0 Å². The fraction of sp³-hybridized carbons (Fsp3) is 0. The number of carbonyl (C=O) groups excluding carboxylic acids is 1. The monoisotopic (exact) mass is 308 g/mol. The van der Waals surface area contributed by atoms with Crippen molar-refractivity contribution in [3.8, 4) is 11.5 Å². The number of hydrogen-bond acceptors (Lipinski definition) is 4. The van der Waals surface area contributed by atoms with Gasteiger partial charge in [0, 0.05) is 5.39 Å². The molecule has 3 rings (SSSR count). The molecule has 0 spiro atoms. The van der Waals surface area contributed by atoms with Crippen LogP contribution in [0.15, 0.2) is 60.7 Å². The Morgan fingerprint density at radius 2 is 1.61 bits per heavy atom. The van der Waals surface area contributed by atoms with E-state index < -0.39 is 11.9 Å². The Hall–Kier alpha value is -3.34. The summed E-state index contributed by atoms with van der Waals surface area (Å²) in [5.74, 6) is -1.55. The van der Waals surface area contributed by atoms with Crippen LogP contribution in [-0.2, 0) is 0 Å². The maximum Gasteiger partial charge on any atom is 0.343 e. The molecule has 23 heavy (non-hydrogen) atoms. The zero-order valence-corrected chi connectivity index (χ0v) is 11.9. The second kappa shape index (κ2) is 5.81. The molecule has 0 heterocycles. The lowest BCUT2D eigenvalue weighted by Crippen LogP contribution is -2.08. The Labute approximate surface area is 131 Å². The van der Waals surface area contributed by atoms with Crippen LogP contribution >= 0.6 is 0 Å². The predicted octanol–water partition coefficient (Wildman–Crippen LogP) is 3.46. The van der Waals surface area contributed by atoms with Crippen molar-refractivity contribution in [3.63, 3.8) is 0 Å². The van der Waals surface area contributed by atoms with Gasteiger partial charge >= 0.3 is 11.9 Å². The van der Waals surface area contributed by atoms with E-state index in [1.807, 2.05) is 0 Å². The summed E-state index contributed by atoms with van der Waals surface area (Å²) in [6.07, 6.45) is 0. The van der Waals surface area contributed by atoms with Crippen LogP contribution in [0.2, 0.25) is 0 Å². The van der Waals surface area contributed by atoms with Gasteiger partial charge in [-0.25, -0.2) is 9.59 Å². The number of phenols is 1. The van der Waals surface area contributed by atoms with E-state index in [1.165, 1.54) is 12.1 Å². The molecule has 5 heteroatoms. The summed E-state index contributed by atoms with van der Waals surface area (Å²) in [4.78, 5) is 23.0. The minimum atomic E-state index is -1.12. The number of aromatic carboxylic acids is 1. The van der Waals surface area contributed by atoms with Gasteiger partial charge in [-0.2, -0.15) is 0 Å². The van der Waals surface area contributed by atoms with Gasteiger partial charge in [-0.3, -0.25) is 0 Å². The molecule has 0 aliphatic carbocycles. The van der Waals surface area contributed by atoms with Crippen LogP contribution in [0.5, 0.6) is 11.5 Å². The summed E-state index contributed by atoms with van der Waals surface area (Å²) in [5.41, 5.74) is 0.405. The van der Waals surface area contributed by atoms with Gasteiger partial charge in [-0.15, -0.1) is 0 Å². The van der Waals surface area contributed by atoms with E-state index in [0.29, 0.717) is 16.3 Å². The number of carboxylic acid groups (broad SMARTS) is 1. The molecular weight excluding hydrogens is 296 g/mol. The van der Waals surface area contributed by atoms with Gasteiger partial charge in [0.25, 0.3) is 0 Å². The van der Waals surface area contributed by atoms with Gasteiger partial charge < -0.3 is 14.9 Å². The van der Waals surface area contributed by atoms with Gasteiger partial charge in [0.2, 0.25) is 0 Å². The van der Waals surface area contributed by atoms with E-state index in [9.17, 15) is 14.7 Å². The Kier molecular flexibility index (Phi) is 3.68. The molecule has 0 fully saturated rings. The van der Waals surface area contributed by atoms with E-state index in [4.69, 9.17) is 9.84 Å². The van der Waals surface area contributed by atoms with Crippen molar-refractivity contribution < 1.29 is 24.5 Å². The number of hydrogen-bond donors (Lipinski definition) is 2. The van der Waals surface area contributed by atoms with Crippen LogP contribution in [0.25, 0.3) is 10.8 Å². The molecular formula is C18H12O5. The van der Waals surface area contributed by atoms with Crippen molar-refractivity contribution in [2.24, 2.45) is 0 Å². The molecule has 2 N–H and O–H groups in total. The van der Waals surface area contributed by atoms with Crippen LogP contribution < -0.4 is 4.74 Å². The average Bonchev–Trinajstić information content (AvgIpc) is 2.56. The maximum absolute atomic E-state index is 12.0. The fourth-order valence-corrected chi connectivity index (χ4v) is 2.24. The first-order valence-electron chi connectivity index (χ1n) is 6.82. The summed E-state index contributed by atoms with van der Waals surface area (Å²) >= 11 is 0. The number of aromatic hydroxyl groups is 1. The molecule has 5 nitrogen and oxygen atoms in total. The Balaban J connectivity index is 1.94. The molecule has 0 aliphatic rings. The first kappa shape index (κ1) is 14.6. The van der Waals surface area contributed by atoms with Crippen molar-refractivity contribution in [1.29, 1.82) is 0 Å². The lowest BCUT2D eigenvalue weighted by Gasteiger charge is -2.08. The standard InChI is InChI=1S/C18H12O5/c19-16-9-13(17(20)21)8-12-6-7-14(10-15(12)16)23-18(22)11-4-2-1-3-5-11/h1-10,19H,(H,20,21). The zero-order valence-electron chi connectivity index (χ0n) is 11.9. The summed E-state index contributed by atoms with van der Waals surface area (Å²) in [5, 5.41) is 19.9. The number of esters is 1. The van der Waals surface area contributed by atoms with E-state index in [-0.39, 0.29) is 17.1 Å². The highest BCUT2D eigenvalue weighted by molar-refractivity contribution is 5.98. The Bertz CT molecular complexity index is 900. The number of carboxylic acids is 1. The molecule has 0 radical (unpaired) electrons. The molecule has 0 saturated carbocycles. The summed E-state index contributed by atoms with van der Waals surface area (Å²) in [6.45, 7) is 0. The first-order chi connectivity index (χ1) is 11.0. The summed E-state index contributed by atoms with van der Waals surface area (Å²) in [6, 6.07) is 15.8. The summed E-state index contributed by atoms with van der Waals surface area (Å²) < 4.78 is 5.27. The SMILES string of the molecule is O=C(O)c1cc(O)c2cc(OC(=O)c3ccccc3)ccc2c1.